The third-order valence-electron chi connectivity index (χ3n) is 6.64. The predicted octanol–water partition coefficient (Wildman–Crippen LogP) is 3.03. The summed E-state index contributed by atoms with van der Waals surface area (Å²) in [7, 11) is 0. The molecule has 4 aliphatic carbocycles. The van der Waals surface area contributed by atoms with Crippen molar-refractivity contribution in [3.63, 3.8) is 0 Å². The highest BCUT2D eigenvalue weighted by atomic mass is 15.3. The molecule has 0 aromatic carbocycles. The van der Waals surface area contributed by atoms with Crippen molar-refractivity contribution < 1.29 is 0 Å². The smallest absolute Gasteiger partial charge is 0.0223 e. The van der Waals surface area contributed by atoms with Gasteiger partial charge < -0.3 is 5.32 Å². The Labute approximate surface area is 118 Å². The largest absolute Gasteiger partial charge is 0.312 e. The zero-order chi connectivity index (χ0) is 13.3. The highest BCUT2D eigenvalue weighted by Gasteiger charge is 2.61. The lowest BCUT2D eigenvalue weighted by Gasteiger charge is -2.68. The molecule has 2 nitrogen and oxygen atoms in total. The molecule has 4 bridgehead atoms. The van der Waals surface area contributed by atoms with Crippen LogP contribution in [0.15, 0.2) is 0 Å². The normalized spacial score (nSPS) is 57.6. The summed E-state index contributed by atoms with van der Waals surface area (Å²) in [5.41, 5.74) is 1.88. The lowest BCUT2D eigenvalue weighted by molar-refractivity contribution is -0.165. The van der Waals surface area contributed by atoms with Crippen molar-refractivity contribution in [2.45, 2.75) is 70.9 Å². The van der Waals surface area contributed by atoms with E-state index in [-0.39, 0.29) is 0 Å². The number of hydrogen-bond donors (Lipinski definition) is 1. The van der Waals surface area contributed by atoms with E-state index in [1.165, 1.54) is 58.2 Å². The van der Waals surface area contributed by atoms with E-state index < -0.39 is 0 Å². The molecule has 1 saturated heterocycles. The fraction of sp³-hybridized carbons (Fsp3) is 1.00. The number of hydrogen-bond acceptors (Lipinski definition) is 2. The van der Waals surface area contributed by atoms with Crippen molar-refractivity contribution in [3.8, 4) is 0 Å². The first-order chi connectivity index (χ1) is 8.91. The molecule has 1 N–H and O–H groups in total. The highest BCUT2D eigenvalue weighted by Crippen LogP contribution is 2.67. The third-order valence-corrected chi connectivity index (χ3v) is 6.64. The molecule has 1 aliphatic heterocycles. The maximum Gasteiger partial charge on any atom is 0.0223 e. The van der Waals surface area contributed by atoms with Crippen LogP contribution < -0.4 is 5.32 Å². The minimum Gasteiger partial charge on any atom is -0.312 e. The highest BCUT2D eigenvalue weighted by molar-refractivity contribution is 5.15. The van der Waals surface area contributed by atoms with E-state index in [1.54, 1.807) is 0 Å². The Balaban J connectivity index is 1.67. The van der Waals surface area contributed by atoms with Gasteiger partial charge in [0.1, 0.15) is 0 Å². The average molecular weight is 262 g/mol. The van der Waals surface area contributed by atoms with E-state index in [2.05, 4.69) is 31.0 Å². The molecular formula is C17H30N2. The van der Waals surface area contributed by atoms with Crippen LogP contribution in [0.2, 0.25) is 0 Å². The van der Waals surface area contributed by atoms with Gasteiger partial charge in [0, 0.05) is 31.2 Å². The zero-order valence-corrected chi connectivity index (χ0v) is 13.0. The summed E-state index contributed by atoms with van der Waals surface area (Å²) in [5, 5.41) is 3.62. The molecule has 5 fully saturated rings. The van der Waals surface area contributed by atoms with Crippen LogP contribution in [0.3, 0.4) is 0 Å². The molecule has 3 atom stereocenters. The molecule has 0 aromatic heterocycles. The number of piperazine rings is 1. The molecule has 0 radical (unpaired) electrons. The number of rotatable bonds is 1. The van der Waals surface area contributed by atoms with Gasteiger partial charge in [0.05, 0.1) is 0 Å². The second-order valence-corrected chi connectivity index (χ2v) is 9.16. The molecule has 108 valence electrons. The summed E-state index contributed by atoms with van der Waals surface area (Å²) < 4.78 is 0. The van der Waals surface area contributed by atoms with Crippen molar-refractivity contribution in [2.24, 2.45) is 16.7 Å². The van der Waals surface area contributed by atoms with Gasteiger partial charge in [0.15, 0.2) is 0 Å². The van der Waals surface area contributed by atoms with Gasteiger partial charge >= 0.3 is 0 Å². The Hall–Kier alpha value is -0.0800. The first-order valence-electron chi connectivity index (χ1n) is 8.39. The molecule has 19 heavy (non-hydrogen) atoms. The van der Waals surface area contributed by atoms with Crippen LogP contribution in [-0.4, -0.2) is 36.1 Å². The number of nitrogens with one attached hydrogen (secondary N) is 1. The Bertz CT molecular complexity index is 373. The second-order valence-electron chi connectivity index (χ2n) is 9.16. The fourth-order valence-corrected chi connectivity index (χ4v) is 7.10. The van der Waals surface area contributed by atoms with Gasteiger partial charge in [-0.25, -0.2) is 0 Å². The standard InChI is InChI=1S/C17H30N2/c1-13-9-19(5-4-18-13)17-8-14-6-15(2,11-17)10-16(3,7-14)12-17/h13-14,18H,4-12H2,1-3H3. The summed E-state index contributed by atoms with van der Waals surface area (Å²) in [6.45, 7) is 11.3. The molecule has 4 saturated carbocycles. The minimum absolute atomic E-state index is 0.569. The van der Waals surface area contributed by atoms with Crippen LogP contribution in [0.25, 0.3) is 0 Å². The SMILES string of the molecule is CC1CN(C23CC4CC(C)(CC(C)(C4)C2)C3)CCN1. The van der Waals surface area contributed by atoms with Crippen molar-refractivity contribution in [2.75, 3.05) is 19.6 Å². The Morgan fingerprint density at radius 1 is 1.00 bits per heavy atom. The molecule has 0 amide bonds. The fourth-order valence-electron chi connectivity index (χ4n) is 7.10. The monoisotopic (exact) mass is 262 g/mol. The minimum atomic E-state index is 0.569. The van der Waals surface area contributed by atoms with E-state index >= 15 is 0 Å². The summed E-state index contributed by atoms with van der Waals surface area (Å²) >= 11 is 0. The maximum atomic E-state index is 3.62. The molecule has 1 heterocycles. The Morgan fingerprint density at radius 2 is 1.68 bits per heavy atom. The van der Waals surface area contributed by atoms with Gasteiger partial charge in [-0.3, -0.25) is 4.90 Å². The first-order valence-corrected chi connectivity index (χ1v) is 8.39. The molecule has 2 heteroatoms. The van der Waals surface area contributed by atoms with E-state index in [0.717, 1.165) is 5.92 Å². The van der Waals surface area contributed by atoms with Gasteiger partial charge in [0.25, 0.3) is 0 Å². The maximum absolute atomic E-state index is 3.62. The topological polar surface area (TPSA) is 15.3 Å². The van der Waals surface area contributed by atoms with Crippen LogP contribution in [0.5, 0.6) is 0 Å². The average Bonchev–Trinajstić information content (AvgIpc) is 2.23. The first kappa shape index (κ1) is 12.6. The summed E-state index contributed by atoms with van der Waals surface area (Å²) in [6, 6.07) is 0.683. The summed E-state index contributed by atoms with van der Waals surface area (Å²) in [5.74, 6) is 1.02. The molecule has 5 aliphatic rings. The van der Waals surface area contributed by atoms with Crippen LogP contribution >= 0.6 is 0 Å². The van der Waals surface area contributed by atoms with E-state index in [4.69, 9.17) is 0 Å². The lowest BCUT2D eigenvalue weighted by atomic mass is 9.42. The van der Waals surface area contributed by atoms with Gasteiger partial charge in [-0.1, -0.05) is 13.8 Å². The Kier molecular flexibility index (Phi) is 2.50. The summed E-state index contributed by atoms with van der Waals surface area (Å²) in [6.07, 6.45) is 9.01. The van der Waals surface area contributed by atoms with Crippen molar-refractivity contribution in [1.29, 1.82) is 0 Å². The van der Waals surface area contributed by atoms with Crippen molar-refractivity contribution >= 4 is 0 Å². The van der Waals surface area contributed by atoms with Crippen LogP contribution in [0, 0.1) is 16.7 Å². The van der Waals surface area contributed by atoms with Gasteiger partial charge in [0.2, 0.25) is 0 Å². The Morgan fingerprint density at radius 3 is 2.26 bits per heavy atom. The molecular weight excluding hydrogens is 232 g/mol. The molecule has 5 rings (SSSR count). The quantitative estimate of drug-likeness (QED) is 0.781. The second kappa shape index (κ2) is 3.76. The van der Waals surface area contributed by atoms with E-state index in [1.807, 2.05) is 0 Å². The third kappa shape index (κ3) is 1.90. The van der Waals surface area contributed by atoms with Gasteiger partial charge in [-0.15, -0.1) is 0 Å². The van der Waals surface area contributed by atoms with E-state index in [0.29, 0.717) is 22.4 Å². The summed E-state index contributed by atoms with van der Waals surface area (Å²) in [4.78, 5) is 2.90. The van der Waals surface area contributed by atoms with Crippen molar-refractivity contribution in [3.05, 3.63) is 0 Å². The molecule has 0 aromatic rings. The van der Waals surface area contributed by atoms with Crippen LogP contribution in [0.1, 0.15) is 59.3 Å². The zero-order valence-electron chi connectivity index (χ0n) is 13.0. The van der Waals surface area contributed by atoms with Crippen molar-refractivity contribution in [1.82, 2.24) is 10.2 Å². The van der Waals surface area contributed by atoms with Gasteiger partial charge in [-0.05, 0) is 62.2 Å². The predicted molar refractivity (Wildman–Crippen MR) is 79.2 cm³/mol. The molecule has 3 unspecified atom stereocenters. The van der Waals surface area contributed by atoms with Crippen LogP contribution in [0.4, 0.5) is 0 Å². The van der Waals surface area contributed by atoms with E-state index in [9.17, 15) is 0 Å². The lowest BCUT2D eigenvalue weighted by Crippen LogP contribution is -2.68. The van der Waals surface area contributed by atoms with Gasteiger partial charge in [-0.2, -0.15) is 0 Å². The molecule has 0 spiro atoms. The number of nitrogens with zero attached hydrogens (tertiary/aromatic N) is 1. The van der Waals surface area contributed by atoms with Crippen LogP contribution in [-0.2, 0) is 0 Å².